The summed E-state index contributed by atoms with van der Waals surface area (Å²) in [5.41, 5.74) is 4.20. The van der Waals surface area contributed by atoms with E-state index < -0.39 is 0 Å². The van der Waals surface area contributed by atoms with E-state index in [0.29, 0.717) is 12.1 Å². The predicted octanol–water partition coefficient (Wildman–Crippen LogP) is 4.42. The zero-order chi connectivity index (χ0) is 18.8. The first kappa shape index (κ1) is 17.4. The molecule has 27 heavy (non-hydrogen) atoms. The molecule has 1 N–H and O–H groups in total. The number of aryl methyl sites for hydroxylation is 1. The van der Waals surface area contributed by atoms with Crippen molar-refractivity contribution in [1.29, 1.82) is 0 Å². The van der Waals surface area contributed by atoms with E-state index in [9.17, 15) is 4.79 Å². The molecule has 4 aromatic rings. The molecule has 0 aliphatic heterocycles. The lowest BCUT2D eigenvalue weighted by Crippen LogP contribution is -2.23. The number of amides is 1. The predicted molar refractivity (Wildman–Crippen MR) is 109 cm³/mol. The standard InChI is InChI=1S/C21H17BrN4O/c1-14-25-19-12-15(21(27)24-13-17-4-2-3-11-23-17)5-10-20(19)26(14)18-8-6-16(22)7-9-18/h2-12H,13H2,1H3,(H,24,27). The lowest BCUT2D eigenvalue weighted by Gasteiger charge is -2.08. The molecule has 134 valence electrons. The SMILES string of the molecule is Cc1nc2cc(C(=O)NCc3ccccn3)ccc2n1-c1ccc(Br)cc1. The fraction of sp³-hybridized carbons (Fsp3) is 0.0952. The van der Waals surface area contributed by atoms with Crippen molar-refractivity contribution in [2.24, 2.45) is 0 Å². The zero-order valence-electron chi connectivity index (χ0n) is 14.7. The van der Waals surface area contributed by atoms with Crippen LogP contribution in [0.4, 0.5) is 0 Å². The van der Waals surface area contributed by atoms with Crippen LogP contribution in [0.25, 0.3) is 16.7 Å². The number of benzene rings is 2. The van der Waals surface area contributed by atoms with Crippen molar-refractivity contribution in [2.45, 2.75) is 13.5 Å². The van der Waals surface area contributed by atoms with Gasteiger partial charge in [-0.1, -0.05) is 22.0 Å². The molecule has 0 saturated carbocycles. The number of halogens is 1. The molecular formula is C21H17BrN4O. The Bertz CT molecular complexity index is 1100. The number of aromatic nitrogens is 3. The van der Waals surface area contributed by atoms with Gasteiger partial charge in [-0.05, 0) is 61.5 Å². The largest absolute Gasteiger partial charge is 0.346 e. The molecule has 0 radical (unpaired) electrons. The van der Waals surface area contributed by atoms with E-state index in [0.717, 1.165) is 32.7 Å². The molecule has 0 bridgehead atoms. The van der Waals surface area contributed by atoms with Crippen LogP contribution >= 0.6 is 15.9 Å². The number of fused-ring (bicyclic) bond motifs is 1. The van der Waals surface area contributed by atoms with Crippen LogP contribution in [0.5, 0.6) is 0 Å². The summed E-state index contributed by atoms with van der Waals surface area (Å²) in [4.78, 5) is 21.3. The topological polar surface area (TPSA) is 59.8 Å². The van der Waals surface area contributed by atoms with Crippen molar-refractivity contribution in [2.75, 3.05) is 0 Å². The maximum absolute atomic E-state index is 12.5. The van der Waals surface area contributed by atoms with E-state index in [2.05, 4.69) is 35.8 Å². The van der Waals surface area contributed by atoms with E-state index in [-0.39, 0.29) is 5.91 Å². The maximum atomic E-state index is 12.5. The Morgan fingerprint density at radius 2 is 1.93 bits per heavy atom. The van der Waals surface area contributed by atoms with E-state index in [1.54, 1.807) is 6.20 Å². The van der Waals surface area contributed by atoms with Crippen molar-refractivity contribution in [3.05, 3.63) is 88.4 Å². The second-order valence-corrected chi connectivity index (χ2v) is 7.09. The van der Waals surface area contributed by atoms with Gasteiger partial charge in [-0.15, -0.1) is 0 Å². The fourth-order valence-electron chi connectivity index (χ4n) is 3.03. The van der Waals surface area contributed by atoms with Gasteiger partial charge in [0.1, 0.15) is 5.82 Å². The highest BCUT2D eigenvalue weighted by molar-refractivity contribution is 9.10. The van der Waals surface area contributed by atoms with Crippen molar-refractivity contribution in [3.63, 3.8) is 0 Å². The Balaban J connectivity index is 1.61. The summed E-state index contributed by atoms with van der Waals surface area (Å²) >= 11 is 3.46. The third-order valence-electron chi connectivity index (χ3n) is 4.33. The molecule has 2 aromatic carbocycles. The number of hydrogen-bond donors (Lipinski definition) is 1. The highest BCUT2D eigenvalue weighted by atomic mass is 79.9. The van der Waals surface area contributed by atoms with E-state index in [1.165, 1.54) is 0 Å². The fourth-order valence-corrected chi connectivity index (χ4v) is 3.30. The maximum Gasteiger partial charge on any atom is 0.251 e. The van der Waals surface area contributed by atoms with Crippen LogP contribution in [0.2, 0.25) is 0 Å². The summed E-state index contributed by atoms with van der Waals surface area (Å²) in [6, 6.07) is 19.3. The second kappa shape index (κ2) is 7.32. The van der Waals surface area contributed by atoms with Gasteiger partial charge in [0.25, 0.3) is 5.91 Å². The molecular weight excluding hydrogens is 404 g/mol. The minimum absolute atomic E-state index is 0.140. The Morgan fingerprint density at radius 3 is 2.67 bits per heavy atom. The molecule has 1 amide bonds. The minimum Gasteiger partial charge on any atom is -0.346 e. The molecule has 2 aromatic heterocycles. The zero-order valence-corrected chi connectivity index (χ0v) is 16.3. The molecule has 0 atom stereocenters. The second-order valence-electron chi connectivity index (χ2n) is 6.18. The summed E-state index contributed by atoms with van der Waals surface area (Å²) in [5, 5.41) is 2.90. The molecule has 0 fully saturated rings. The number of carbonyl (C=O) groups excluding carboxylic acids is 1. The lowest BCUT2D eigenvalue weighted by molar-refractivity contribution is 0.0950. The third-order valence-corrected chi connectivity index (χ3v) is 4.85. The van der Waals surface area contributed by atoms with Crippen molar-refractivity contribution >= 4 is 32.9 Å². The van der Waals surface area contributed by atoms with Gasteiger partial charge in [-0.3, -0.25) is 14.3 Å². The number of rotatable bonds is 4. The van der Waals surface area contributed by atoms with Crippen molar-refractivity contribution < 1.29 is 4.79 Å². The Labute approximate surface area is 165 Å². The third kappa shape index (κ3) is 3.61. The first-order valence-corrected chi connectivity index (χ1v) is 9.34. The van der Waals surface area contributed by atoms with Crippen LogP contribution in [-0.4, -0.2) is 20.4 Å². The first-order chi connectivity index (χ1) is 13.1. The van der Waals surface area contributed by atoms with Gasteiger partial charge in [0, 0.05) is 21.9 Å². The Hall–Kier alpha value is -2.99. The van der Waals surface area contributed by atoms with Gasteiger partial charge in [-0.2, -0.15) is 0 Å². The molecule has 2 heterocycles. The number of carbonyl (C=O) groups is 1. The van der Waals surface area contributed by atoms with Gasteiger partial charge in [0.2, 0.25) is 0 Å². The number of nitrogens with zero attached hydrogens (tertiary/aromatic N) is 3. The highest BCUT2D eigenvalue weighted by Gasteiger charge is 2.13. The normalized spacial score (nSPS) is 10.9. The summed E-state index contributed by atoms with van der Waals surface area (Å²) < 4.78 is 3.11. The molecule has 0 spiro atoms. The molecule has 0 aliphatic carbocycles. The number of hydrogen-bond acceptors (Lipinski definition) is 3. The van der Waals surface area contributed by atoms with Crippen LogP contribution < -0.4 is 5.32 Å². The number of nitrogens with one attached hydrogen (secondary N) is 1. The summed E-state index contributed by atoms with van der Waals surface area (Å²) in [6.45, 7) is 2.35. The van der Waals surface area contributed by atoms with Gasteiger partial charge < -0.3 is 5.32 Å². The highest BCUT2D eigenvalue weighted by Crippen LogP contribution is 2.23. The number of pyridine rings is 1. The minimum atomic E-state index is -0.140. The quantitative estimate of drug-likeness (QED) is 0.531. The van der Waals surface area contributed by atoms with E-state index in [1.807, 2.05) is 67.6 Å². The van der Waals surface area contributed by atoms with E-state index >= 15 is 0 Å². The van der Waals surface area contributed by atoms with Crippen LogP contribution in [0, 0.1) is 6.92 Å². The average molecular weight is 421 g/mol. The van der Waals surface area contributed by atoms with Crippen LogP contribution in [-0.2, 0) is 6.54 Å². The van der Waals surface area contributed by atoms with Crippen LogP contribution in [0.1, 0.15) is 21.9 Å². The lowest BCUT2D eigenvalue weighted by atomic mass is 10.2. The van der Waals surface area contributed by atoms with Crippen LogP contribution in [0.15, 0.2) is 71.3 Å². The van der Waals surface area contributed by atoms with Gasteiger partial charge in [0.05, 0.1) is 23.3 Å². The molecule has 5 nitrogen and oxygen atoms in total. The monoisotopic (exact) mass is 420 g/mol. The Kier molecular flexibility index (Phi) is 4.73. The smallest absolute Gasteiger partial charge is 0.251 e. The van der Waals surface area contributed by atoms with Crippen LogP contribution in [0.3, 0.4) is 0 Å². The number of imidazole rings is 1. The average Bonchev–Trinajstić information content (AvgIpc) is 3.02. The molecule has 0 unspecified atom stereocenters. The van der Waals surface area contributed by atoms with Gasteiger partial charge in [-0.25, -0.2) is 4.98 Å². The molecule has 0 aliphatic rings. The molecule has 0 saturated heterocycles. The van der Waals surface area contributed by atoms with Crippen molar-refractivity contribution in [1.82, 2.24) is 19.9 Å². The summed E-state index contributed by atoms with van der Waals surface area (Å²) in [6.07, 6.45) is 1.71. The van der Waals surface area contributed by atoms with Crippen molar-refractivity contribution in [3.8, 4) is 5.69 Å². The molecule has 4 rings (SSSR count). The van der Waals surface area contributed by atoms with Gasteiger partial charge >= 0.3 is 0 Å². The molecule has 6 heteroatoms. The first-order valence-electron chi connectivity index (χ1n) is 8.55. The summed E-state index contributed by atoms with van der Waals surface area (Å²) in [7, 11) is 0. The summed E-state index contributed by atoms with van der Waals surface area (Å²) in [5.74, 6) is 0.733. The van der Waals surface area contributed by atoms with Gasteiger partial charge in [0.15, 0.2) is 0 Å². The van der Waals surface area contributed by atoms with E-state index in [4.69, 9.17) is 0 Å². The Morgan fingerprint density at radius 1 is 1.11 bits per heavy atom.